The van der Waals surface area contributed by atoms with Crippen LogP contribution >= 0.6 is 11.8 Å². The Morgan fingerprint density at radius 3 is 2.47 bits per heavy atom. The average molecular weight is 416 g/mol. The van der Waals surface area contributed by atoms with Crippen molar-refractivity contribution in [3.63, 3.8) is 0 Å². The smallest absolute Gasteiger partial charge is 0.256 e. The Morgan fingerprint density at radius 2 is 1.70 bits per heavy atom. The third kappa shape index (κ3) is 4.58. The molecule has 30 heavy (non-hydrogen) atoms. The standard InChI is InChI=1S/C23H21N5OS/c1-2-17-12-14-18(15-13-17)24-23(29)20-10-6-7-11-21(20)30-16-22-25-26-27-28(22)19-8-4-3-5-9-19/h3-15H,2,16H2,1H3,(H,24,29). The number of hydrogen-bond donors (Lipinski definition) is 1. The van der Waals surface area contributed by atoms with Crippen LogP contribution in [0.5, 0.6) is 0 Å². The largest absolute Gasteiger partial charge is 0.322 e. The minimum atomic E-state index is -0.134. The molecule has 1 N–H and O–H groups in total. The van der Waals surface area contributed by atoms with Gasteiger partial charge in [0.15, 0.2) is 5.82 Å². The third-order valence-electron chi connectivity index (χ3n) is 4.64. The summed E-state index contributed by atoms with van der Waals surface area (Å²) in [6.45, 7) is 2.11. The number of nitrogens with one attached hydrogen (secondary N) is 1. The molecule has 0 aliphatic heterocycles. The first-order valence-electron chi connectivity index (χ1n) is 9.69. The first-order valence-corrected chi connectivity index (χ1v) is 10.7. The Labute approximate surface area is 179 Å². The first-order chi connectivity index (χ1) is 14.7. The highest BCUT2D eigenvalue weighted by atomic mass is 32.2. The first kappa shape index (κ1) is 19.8. The summed E-state index contributed by atoms with van der Waals surface area (Å²) in [6, 6.07) is 25.2. The summed E-state index contributed by atoms with van der Waals surface area (Å²) in [4.78, 5) is 13.7. The topological polar surface area (TPSA) is 72.7 Å². The molecule has 0 fully saturated rings. The van der Waals surface area contributed by atoms with Gasteiger partial charge in [0, 0.05) is 10.6 Å². The van der Waals surface area contributed by atoms with Crippen molar-refractivity contribution in [3.05, 3.63) is 95.8 Å². The zero-order valence-electron chi connectivity index (χ0n) is 16.5. The molecule has 4 rings (SSSR count). The van der Waals surface area contributed by atoms with E-state index in [2.05, 4.69) is 27.8 Å². The summed E-state index contributed by atoms with van der Waals surface area (Å²) < 4.78 is 1.71. The van der Waals surface area contributed by atoms with Crippen molar-refractivity contribution < 1.29 is 4.79 Å². The number of aromatic nitrogens is 4. The highest BCUT2D eigenvalue weighted by Gasteiger charge is 2.14. The summed E-state index contributed by atoms with van der Waals surface area (Å²) >= 11 is 1.53. The van der Waals surface area contributed by atoms with Crippen LogP contribution in [0.4, 0.5) is 5.69 Å². The Kier molecular flexibility index (Phi) is 6.20. The molecular weight excluding hydrogens is 394 g/mol. The van der Waals surface area contributed by atoms with E-state index in [1.807, 2.05) is 78.9 Å². The van der Waals surface area contributed by atoms with E-state index < -0.39 is 0 Å². The number of para-hydroxylation sites is 1. The number of carbonyl (C=O) groups is 1. The van der Waals surface area contributed by atoms with E-state index in [4.69, 9.17) is 0 Å². The number of carbonyl (C=O) groups excluding carboxylic acids is 1. The Morgan fingerprint density at radius 1 is 0.967 bits per heavy atom. The fourth-order valence-corrected chi connectivity index (χ4v) is 3.97. The Hall–Kier alpha value is -3.45. The van der Waals surface area contributed by atoms with Gasteiger partial charge in [-0.25, -0.2) is 0 Å². The number of amides is 1. The lowest BCUT2D eigenvalue weighted by Crippen LogP contribution is -2.13. The number of tetrazole rings is 1. The van der Waals surface area contributed by atoms with Crippen LogP contribution in [-0.4, -0.2) is 26.1 Å². The number of rotatable bonds is 7. The SMILES string of the molecule is CCc1ccc(NC(=O)c2ccccc2SCc2nnnn2-c2ccccc2)cc1. The Balaban J connectivity index is 1.49. The van der Waals surface area contributed by atoms with Gasteiger partial charge in [-0.1, -0.05) is 49.4 Å². The van der Waals surface area contributed by atoms with E-state index in [1.54, 1.807) is 4.68 Å². The molecule has 4 aromatic rings. The molecule has 1 heterocycles. The molecule has 0 atom stereocenters. The number of anilines is 1. The molecule has 0 aliphatic rings. The molecule has 1 amide bonds. The van der Waals surface area contributed by atoms with E-state index in [1.165, 1.54) is 17.3 Å². The molecule has 0 saturated carbocycles. The lowest BCUT2D eigenvalue weighted by atomic mass is 10.1. The molecule has 7 heteroatoms. The van der Waals surface area contributed by atoms with Crippen molar-refractivity contribution >= 4 is 23.4 Å². The molecule has 0 spiro atoms. The van der Waals surface area contributed by atoms with E-state index in [-0.39, 0.29) is 5.91 Å². The lowest BCUT2D eigenvalue weighted by Gasteiger charge is -2.10. The number of nitrogens with zero attached hydrogens (tertiary/aromatic N) is 4. The third-order valence-corrected chi connectivity index (χ3v) is 5.71. The molecular formula is C23H21N5OS. The number of aryl methyl sites for hydroxylation is 1. The zero-order chi connectivity index (χ0) is 20.8. The van der Waals surface area contributed by atoms with Crippen molar-refractivity contribution in [2.45, 2.75) is 24.0 Å². The van der Waals surface area contributed by atoms with Crippen molar-refractivity contribution in [2.24, 2.45) is 0 Å². The van der Waals surface area contributed by atoms with Gasteiger partial charge in [-0.05, 0) is 58.8 Å². The van der Waals surface area contributed by atoms with Crippen molar-refractivity contribution in [3.8, 4) is 5.69 Å². The maximum atomic E-state index is 12.9. The number of benzene rings is 3. The molecule has 0 radical (unpaired) electrons. The van der Waals surface area contributed by atoms with Crippen LogP contribution in [0, 0.1) is 0 Å². The molecule has 3 aromatic carbocycles. The fraction of sp³-hybridized carbons (Fsp3) is 0.130. The normalized spacial score (nSPS) is 10.7. The van der Waals surface area contributed by atoms with E-state index in [0.29, 0.717) is 11.3 Å². The highest BCUT2D eigenvalue weighted by Crippen LogP contribution is 2.27. The van der Waals surface area contributed by atoms with Gasteiger partial charge >= 0.3 is 0 Å². The summed E-state index contributed by atoms with van der Waals surface area (Å²) in [5.41, 5.74) is 3.55. The maximum Gasteiger partial charge on any atom is 0.256 e. The van der Waals surface area contributed by atoms with E-state index in [0.717, 1.165) is 28.5 Å². The molecule has 150 valence electrons. The molecule has 0 saturated heterocycles. The van der Waals surface area contributed by atoms with Gasteiger partial charge in [0.05, 0.1) is 17.0 Å². The molecule has 0 unspecified atom stereocenters. The maximum absolute atomic E-state index is 12.9. The van der Waals surface area contributed by atoms with Crippen LogP contribution in [0.1, 0.15) is 28.7 Å². The second-order valence-electron chi connectivity index (χ2n) is 6.63. The molecule has 0 bridgehead atoms. The summed E-state index contributed by atoms with van der Waals surface area (Å²) in [5.74, 6) is 1.12. The molecule has 1 aromatic heterocycles. The van der Waals surface area contributed by atoms with Gasteiger partial charge < -0.3 is 5.32 Å². The molecule has 0 aliphatic carbocycles. The van der Waals surface area contributed by atoms with Gasteiger partial charge in [0.25, 0.3) is 5.91 Å². The number of thioether (sulfide) groups is 1. The van der Waals surface area contributed by atoms with Gasteiger partial charge in [-0.3, -0.25) is 4.79 Å². The van der Waals surface area contributed by atoms with Crippen molar-refractivity contribution in [1.29, 1.82) is 0 Å². The summed E-state index contributed by atoms with van der Waals surface area (Å²) in [5, 5.41) is 15.0. The van der Waals surface area contributed by atoms with Crippen molar-refractivity contribution in [2.75, 3.05) is 5.32 Å². The average Bonchev–Trinajstić information content (AvgIpc) is 3.27. The summed E-state index contributed by atoms with van der Waals surface area (Å²) in [6.07, 6.45) is 0.968. The minimum Gasteiger partial charge on any atom is -0.322 e. The van der Waals surface area contributed by atoms with Crippen LogP contribution in [0.2, 0.25) is 0 Å². The van der Waals surface area contributed by atoms with Crippen LogP contribution in [-0.2, 0) is 12.2 Å². The van der Waals surface area contributed by atoms with E-state index in [9.17, 15) is 4.79 Å². The molecule has 6 nitrogen and oxygen atoms in total. The van der Waals surface area contributed by atoms with Gasteiger partial charge in [0.1, 0.15) is 0 Å². The predicted molar refractivity (Wildman–Crippen MR) is 119 cm³/mol. The number of hydrogen-bond acceptors (Lipinski definition) is 5. The van der Waals surface area contributed by atoms with E-state index >= 15 is 0 Å². The van der Waals surface area contributed by atoms with Crippen LogP contribution in [0.15, 0.2) is 83.8 Å². The predicted octanol–water partition coefficient (Wildman–Crippen LogP) is 4.77. The second kappa shape index (κ2) is 9.37. The lowest BCUT2D eigenvalue weighted by molar-refractivity contribution is 0.102. The highest BCUT2D eigenvalue weighted by molar-refractivity contribution is 7.98. The van der Waals surface area contributed by atoms with Gasteiger partial charge in [-0.2, -0.15) is 4.68 Å². The van der Waals surface area contributed by atoms with Crippen LogP contribution < -0.4 is 5.32 Å². The quantitative estimate of drug-likeness (QED) is 0.440. The van der Waals surface area contributed by atoms with Gasteiger partial charge in [-0.15, -0.1) is 16.9 Å². The minimum absolute atomic E-state index is 0.134. The van der Waals surface area contributed by atoms with Crippen LogP contribution in [0.25, 0.3) is 5.69 Å². The fourth-order valence-electron chi connectivity index (χ4n) is 3.01. The monoisotopic (exact) mass is 415 g/mol. The second-order valence-corrected chi connectivity index (χ2v) is 7.65. The van der Waals surface area contributed by atoms with Crippen molar-refractivity contribution in [1.82, 2.24) is 20.2 Å². The zero-order valence-corrected chi connectivity index (χ0v) is 17.3. The summed E-state index contributed by atoms with van der Waals surface area (Å²) in [7, 11) is 0. The van der Waals surface area contributed by atoms with Crippen LogP contribution in [0.3, 0.4) is 0 Å². The van der Waals surface area contributed by atoms with Gasteiger partial charge in [0.2, 0.25) is 0 Å². The Bertz CT molecular complexity index is 1130.